The lowest BCUT2D eigenvalue weighted by molar-refractivity contribution is 0.670. The third-order valence-corrected chi connectivity index (χ3v) is 10.5. The molecule has 0 unspecified atom stereocenters. The van der Waals surface area contributed by atoms with E-state index in [9.17, 15) is 0 Å². The predicted molar refractivity (Wildman–Crippen MR) is 225 cm³/mol. The highest BCUT2D eigenvalue weighted by molar-refractivity contribution is 6.21. The van der Waals surface area contributed by atoms with E-state index in [1.165, 1.54) is 16.2 Å². The van der Waals surface area contributed by atoms with Crippen molar-refractivity contribution in [2.24, 2.45) is 0 Å². The van der Waals surface area contributed by atoms with Crippen LogP contribution in [0.5, 0.6) is 0 Å². The summed E-state index contributed by atoms with van der Waals surface area (Å²) in [5.74, 6) is 1.77. The van der Waals surface area contributed by atoms with Crippen LogP contribution in [0.4, 0.5) is 0 Å². The number of nitrogens with zero attached hydrogens (tertiary/aromatic N) is 4. The van der Waals surface area contributed by atoms with Gasteiger partial charge in [-0.2, -0.15) is 0 Å². The largest absolute Gasteiger partial charge is 0.455 e. The molecule has 0 saturated heterocycles. The van der Waals surface area contributed by atoms with Gasteiger partial charge in [-0.3, -0.25) is 0 Å². The Balaban J connectivity index is 1.11. The molecule has 0 aliphatic heterocycles. The van der Waals surface area contributed by atoms with Gasteiger partial charge in [-0.15, -0.1) is 0 Å². The second kappa shape index (κ2) is 12.6. The molecule has 0 bridgehead atoms. The third-order valence-electron chi connectivity index (χ3n) is 10.5. The zero-order chi connectivity index (χ0) is 36.3. The number of rotatable bonds is 5. The number of fused-ring (bicyclic) bond motifs is 8. The van der Waals surface area contributed by atoms with Gasteiger partial charge in [0, 0.05) is 49.4 Å². The van der Waals surface area contributed by atoms with Crippen molar-refractivity contribution in [2.75, 3.05) is 0 Å². The van der Waals surface area contributed by atoms with Crippen LogP contribution in [0.3, 0.4) is 0 Å². The van der Waals surface area contributed by atoms with Gasteiger partial charge in [0.15, 0.2) is 17.5 Å². The number of pyridine rings is 1. The standard InChI is InChI=1S/C50H30N4O/c1-3-13-31(14-4-1)37-29-30-41(45-40-20-10-12-22-43(40)55-47(37)45)50-53-48(34-16-5-2-6-17-34)52-49(54-50)35-25-23-33(24-26-35)46-44-36-18-8-7-15-32(36)27-28-39(44)38-19-9-11-21-42(38)51-46/h1-30H. The highest BCUT2D eigenvalue weighted by atomic mass is 16.3. The molecule has 0 amide bonds. The summed E-state index contributed by atoms with van der Waals surface area (Å²) in [5.41, 5.74) is 9.35. The summed E-state index contributed by atoms with van der Waals surface area (Å²) in [6.07, 6.45) is 0. The van der Waals surface area contributed by atoms with Crippen LogP contribution in [0.2, 0.25) is 0 Å². The molecule has 0 aliphatic rings. The van der Waals surface area contributed by atoms with Gasteiger partial charge >= 0.3 is 0 Å². The van der Waals surface area contributed by atoms with E-state index in [1.807, 2.05) is 72.8 Å². The van der Waals surface area contributed by atoms with Crippen molar-refractivity contribution in [3.8, 4) is 56.5 Å². The van der Waals surface area contributed by atoms with Gasteiger partial charge in [0.2, 0.25) is 0 Å². The highest BCUT2D eigenvalue weighted by Gasteiger charge is 2.21. The van der Waals surface area contributed by atoms with E-state index in [0.29, 0.717) is 17.5 Å². The zero-order valence-corrected chi connectivity index (χ0v) is 29.5. The number of aromatic nitrogens is 4. The molecule has 0 fully saturated rings. The van der Waals surface area contributed by atoms with Crippen molar-refractivity contribution < 1.29 is 4.42 Å². The Bertz CT molecular complexity index is 3250. The van der Waals surface area contributed by atoms with Crippen LogP contribution in [-0.4, -0.2) is 19.9 Å². The lowest BCUT2D eigenvalue weighted by Gasteiger charge is -2.13. The maximum absolute atomic E-state index is 6.59. The van der Waals surface area contributed by atoms with Gasteiger partial charge in [0.25, 0.3) is 0 Å². The minimum atomic E-state index is 0.581. The SMILES string of the molecule is c1ccc(-c2nc(-c3ccc(-c4nc5ccccc5c5ccc6ccccc6c45)cc3)nc(-c3ccc(-c4ccccc4)c4oc5ccccc5c34)n2)cc1. The van der Waals surface area contributed by atoms with Crippen LogP contribution in [0.1, 0.15) is 0 Å². The highest BCUT2D eigenvalue weighted by Crippen LogP contribution is 2.42. The molecule has 0 aliphatic carbocycles. The fourth-order valence-electron chi connectivity index (χ4n) is 7.91. The van der Waals surface area contributed by atoms with Gasteiger partial charge in [-0.05, 0) is 46.0 Å². The fourth-order valence-corrected chi connectivity index (χ4v) is 7.91. The van der Waals surface area contributed by atoms with E-state index in [2.05, 4.69) is 109 Å². The number of benzene rings is 8. The second-order valence-electron chi connectivity index (χ2n) is 13.8. The average molecular weight is 703 g/mol. The maximum Gasteiger partial charge on any atom is 0.164 e. The molecular formula is C50H30N4O. The number of hydrogen-bond acceptors (Lipinski definition) is 5. The van der Waals surface area contributed by atoms with Gasteiger partial charge < -0.3 is 4.42 Å². The predicted octanol–water partition coefficient (Wildman–Crippen LogP) is 13.0. The van der Waals surface area contributed by atoms with Gasteiger partial charge in [0.05, 0.1) is 11.2 Å². The number of para-hydroxylation sites is 2. The van der Waals surface area contributed by atoms with Crippen LogP contribution < -0.4 is 0 Å². The summed E-state index contributed by atoms with van der Waals surface area (Å²) in [4.78, 5) is 20.6. The summed E-state index contributed by atoms with van der Waals surface area (Å²) in [6.45, 7) is 0. The summed E-state index contributed by atoms with van der Waals surface area (Å²) in [7, 11) is 0. The first-order valence-corrected chi connectivity index (χ1v) is 18.4. The Labute approximate surface area is 316 Å². The van der Waals surface area contributed by atoms with Crippen LogP contribution in [0, 0.1) is 0 Å². The average Bonchev–Trinajstić information content (AvgIpc) is 3.66. The molecule has 3 aromatic heterocycles. The Morgan fingerprint density at radius 2 is 0.909 bits per heavy atom. The van der Waals surface area contributed by atoms with Crippen LogP contribution in [0.25, 0.3) is 111 Å². The first-order chi connectivity index (χ1) is 27.3. The van der Waals surface area contributed by atoms with E-state index in [1.54, 1.807) is 0 Å². The first-order valence-electron chi connectivity index (χ1n) is 18.4. The summed E-state index contributed by atoms with van der Waals surface area (Å²) >= 11 is 0. The molecule has 55 heavy (non-hydrogen) atoms. The van der Waals surface area contributed by atoms with Crippen LogP contribution in [-0.2, 0) is 0 Å². The van der Waals surface area contributed by atoms with Crippen LogP contribution >= 0.6 is 0 Å². The Kier molecular flexibility index (Phi) is 7.10. The first kappa shape index (κ1) is 31.1. The van der Waals surface area contributed by atoms with Crippen molar-refractivity contribution in [3.63, 3.8) is 0 Å². The summed E-state index contributed by atoms with van der Waals surface area (Å²) in [5, 5.41) is 7.84. The fraction of sp³-hybridized carbons (Fsp3) is 0. The Morgan fingerprint density at radius 1 is 0.327 bits per heavy atom. The molecule has 3 heterocycles. The number of furan rings is 1. The maximum atomic E-state index is 6.59. The quantitative estimate of drug-likeness (QED) is 0.167. The normalized spacial score (nSPS) is 11.6. The summed E-state index contributed by atoms with van der Waals surface area (Å²) in [6, 6.07) is 62.6. The van der Waals surface area contributed by atoms with Crippen molar-refractivity contribution in [1.29, 1.82) is 0 Å². The van der Waals surface area contributed by atoms with Crippen molar-refractivity contribution in [2.45, 2.75) is 0 Å². The molecule has 11 rings (SSSR count). The molecule has 5 nitrogen and oxygen atoms in total. The molecule has 8 aromatic carbocycles. The molecule has 5 heteroatoms. The Hall–Kier alpha value is -7.50. The van der Waals surface area contributed by atoms with E-state index in [-0.39, 0.29) is 0 Å². The van der Waals surface area contributed by atoms with E-state index in [0.717, 1.165) is 77.3 Å². The summed E-state index contributed by atoms with van der Waals surface area (Å²) < 4.78 is 6.59. The topological polar surface area (TPSA) is 64.7 Å². The minimum absolute atomic E-state index is 0.581. The van der Waals surface area contributed by atoms with Gasteiger partial charge in [-0.25, -0.2) is 19.9 Å². The van der Waals surface area contributed by atoms with Gasteiger partial charge in [-0.1, -0.05) is 158 Å². The molecule has 0 atom stereocenters. The van der Waals surface area contributed by atoms with E-state index >= 15 is 0 Å². The minimum Gasteiger partial charge on any atom is -0.455 e. The van der Waals surface area contributed by atoms with E-state index < -0.39 is 0 Å². The third kappa shape index (κ3) is 5.17. The van der Waals surface area contributed by atoms with Gasteiger partial charge in [0.1, 0.15) is 11.2 Å². The Morgan fingerprint density at radius 3 is 1.69 bits per heavy atom. The van der Waals surface area contributed by atoms with E-state index in [4.69, 9.17) is 24.4 Å². The molecule has 256 valence electrons. The van der Waals surface area contributed by atoms with Crippen molar-refractivity contribution in [1.82, 2.24) is 19.9 Å². The smallest absolute Gasteiger partial charge is 0.164 e. The molecule has 0 radical (unpaired) electrons. The molecule has 0 saturated carbocycles. The molecule has 0 spiro atoms. The van der Waals surface area contributed by atoms with Crippen LogP contribution in [0.15, 0.2) is 186 Å². The molecule has 0 N–H and O–H groups in total. The lowest BCUT2D eigenvalue weighted by atomic mass is 9.95. The van der Waals surface area contributed by atoms with Crippen molar-refractivity contribution in [3.05, 3.63) is 182 Å². The lowest BCUT2D eigenvalue weighted by Crippen LogP contribution is -2.00. The molecular weight excluding hydrogens is 673 g/mol. The monoisotopic (exact) mass is 702 g/mol. The second-order valence-corrected chi connectivity index (χ2v) is 13.8. The molecule has 11 aromatic rings. The zero-order valence-electron chi connectivity index (χ0n) is 29.5. The number of hydrogen-bond donors (Lipinski definition) is 0. The van der Waals surface area contributed by atoms with Crippen molar-refractivity contribution >= 4 is 54.4 Å².